The molecular formula is C14H18N4O2. The van der Waals surface area contributed by atoms with Crippen molar-refractivity contribution in [3.8, 4) is 11.4 Å². The van der Waals surface area contributed by atoms with Crippen molar-refractivity contribution in [1.29, 1.82) is 0 Å². The Hall–Kier alpha value is -2.21. The van der Waals surface area contributed by atoms with E-state index in [1.807, 2.05) is 38.1 Å². The van der Waals surface area contributed by atoms with Gasteiger partial charge < -0.3 is 10.1 Å². The molecule has 1 aromatic carbocycles. The zero-order valence-corrected chi connectivity index (χ0v) is 11.6. The second-order valence-electron chi connectivity index (χ2n) is 4.32. The molecule has 2 rings (SSSR count). The summed E-state index contributed by atoms with van der Waals surface area (Å²) in [6.07, 6.45) is 0.345. The average Bonchev–Trinajstić information content (AvgIpc) is 2.86. The molecule has 1 amide bonds. The number of benzene rings is 1. The summed E-state index contributed by atoms with van der Waals surface area (Å²) in [5.74, 6) is 1.31. The van der Waals surface area contributed by atoms with Crippen molar-refractivity contribution in [2.24, 2.45) is 0 Å². The number of nitrogens with zero attached hydrogens (tertiary/aromatic N) is 2. The molecule has 1 aromatic heterocycles. The lowest BCUT2D eigenvalue weighted by Gasteiger charge is -2.06. The van der Waals surface area contributed by atoms with Crippen LogP contribution in [0.1, 0.15) is 19.2 Å². The van der Waals surface area contributed by atoms with E-state index >= 15 is 0 Å². The molecule has 0 aliphatic rings. The van der Waals surface area contributed by atoms with Gasteiger partial charge in [0.05, 0.1) is 13.0 Å². The Labute approximate surface area is 117 Å². The molecule has 0 saturated heterocycles. The fourth-order valence-corrected chi connectivity index (χ4v) is 1.74. The van der Waals surface area contributed by atoms with Crippen molar-refractivity contribution in [2.45, 2.75) is 20.3 Å². The number of amides is 1. The number of hydrogen-bond donors (Lipinski definition) is 2. The Kier molecular flexibility index (Phi) is 4.84. The van der Waals surface area contributed by atoms with E-state index in [0.29, 0.717) is 25.5 Å². The monoisotopic (exact) mass is 274 g/mol. The fraction of sp³-hybridized carbons (Fsp3) is 0.357. The van der Waals surface area contributed by atoms with Crippen LogP contribution in [-0.4, -0.2) is 34.3 Å². The molecule has 0 spiro atoms. The molecule has 0 radical (unpaired) electrons. The van der Waals surface area contributed by atoms with Gasteiger partial charge in [0.2, 0.25) is 5.91 Å². The van der Waals surface area contributed by atoms with E-state index in [0.717, 1.165) is 17.1 Å². The molecule has 20 heavy (non-hydrogen) atoms. The number of ether oxygens (including phenoxy) is 1. The largest absolute Gasteiger partial charge is 0.381 e. The average molecular weight is 274 g/mol. The summed E-state index contributed by atoms with van der Waals surface area (Å²) in [7, 11) is 0. The van der Waals surface area contributed by atoms with Crippen molar-refractivity contribution < 1.29 is 9.53 Å². The highest BCUT2D eigenvalue weighted by Gasteiger charge is 2.06. The Morgan fingerprint density at radius 2 is 2.30 bits per heavy atom. The van der Waals surface area contributed by atoms with Crippen LogP contribution in [0.3, 0.4) is 0 Å². The first kappa shape index (κ1) is 14.2. The van der Waals surface area contributed by atoms with Gasteiger partial charge in [-0.05, 0) is 26.0 Å². The normalized spacial score (nSPS) is 10.5. The van der Waals surface area contributed by atoms with Gasteiger partial charge in [-0.15, -0.1) is 0 Å². The van der Waals surface area contributed by atoms with E-state index in [9.17, 15) is 4.79 Å². The number of hydrogen-bond acceptors (Lipinski definition) is 4. The maximum atomic E-state index is 11.7. The summed E-state index contributed by atoms with van der Waals surface area (Å²) in [5, 5.41) is 9.73. The van der Waals surface area contributed by atoms with Crippen LogP contribution in [0, 0.1) is 6.92 Å². The van der Waals surface area contributed by atoms with E-state index in [4.69, 9.17) is 4.74 Å². The lowest BCUT2D eigenvalue weighted by Crippen LogP contribution is -2.14. The van der Waals surface area contributed by atoms with Crippen LogP contribution in [-0.2, 0) is 9.53 Å². The van der Waals surface area contributed by atoms with Crippen molar-refractivity contribution in [2.75, 3.05) is 18.5 Å². The first-order valence-corrected chi connectivity index (χ1v) is 6.56. The van der Waals surface area contributed by atoms with Crippen LogP contribution in [0.2, 0.25) is 0 Å². The number of H-pyrrole nitrogens is 1. The van der Waals surface area contributed by atoms with Gasteiger partial charge in [-0.25, -0.2) is 4.98 Å². The van der Waals surface area contributed by atoms with Gasteiger partial charge in [-0.3, -0.25) is 9.89 Å². The van der Waals surface area contributed by atoms with Crippen molar-refractivity contribution in [1.82, 2.24) is 15.2 Å². The molecule has 0 fully saturated rings. The molecule has 0 bridgehead atoms. The van der Waals surface area contributed by atoms with Gasteiger partial charge in [0.1, 0.15) is 5.82 Å². The smallest absolute Gasteiger partial charge is 0.226 e. The van der Waals surface area contributed by atoms with Crippen LogP contribution in [0.15, 0.2) is 24.3 Å². The second kappa shape index (κ2) is 6.81. The molecule has 6 nitrogen and oxygen atoms in total. The third kappa shape index (κ3) is 3.89. The molecule has 2 aromatic rings. The minimum absolute atomic E-state index is 0.0678. The predicted octanol–water partition coefficient (Wildman–Crippen LogP) is 2.15. The zero-order chi connectivity index (χ0) is 14.4. The quantitative estimate of drug-likeness (QED) is 0.791. The highest BCUT2D eigenvalue weighted by molar-refractivity contribution is 5.91. The Balaban J connectivity index is 2.01. The number of anilines is 1. The Morgan fingerprint density at radius 1 is 1.45 bits per heavy atom. The molecule has 0 aliphatic carbocycles. The third-order valence-electron chi connectivity index (χ3n) is 2.68. The highest BCUT2D eigenvalue weighted by Crippen LogP contribution is 2.19. The van der Waals surface area contributed by atoms with Crippen LogP contribution < -0.4 is 5.32 Å². The summed E-state index contributed by atoms with van der Waals surface area (Å²) in [4.78, 5) is 16.0. The SMILES string of the molecule is CCOCCC(=O)Nc1cccc(-c2n[nH]c(C)n2)c1. The van der Waals surface area contributed by atoms with Gasteiger partial charge in [-0.2, -0.15) is 5.10 Å². The summed E-state index contributed by atoms with van der Waals surface area (Å²) in [6, 6.07) is 7.44. The Morgan fingerprint density at radius 3 is 3.00 bits per heavy atom. The number of nitrogens with one attached hydrogen (secondary N) is 2. The first-order chi connectivity index (χ1) is 9.69. The maximum absolute atomic E-state index is 11.7. The molecule has 0 saturated carbocycles. The first-order valence-electron chi connectivity index (χ1n) is 6.56. The van der Waals surface area contributed by atoms with Gasteiger partial charge in [0, 0.05) is 17.9 Å². The van der Waals surface area contributed by atoms with Gasteiger partial charge >= 0.3 is 0 Å². The maximum Gasteiger partial charge on any atom is 0.226 e. The van der Waals surface area contributed by atoms with Gasteiger partial charge in [0.15, 0.2) is 5.82 Å². The summed E-state index contributed by atoms with van der Waals surface area (Å²) < 4.78 is 5.15. The zero-order valence-electron chi connectivity index (χ0n) is 11.6. The van der Waals surface area contributed by atoms with Crippen LogP contribution in [0.25, 0.3) is 11.4 Å². The Bertz CT molecular complexity index is 580. The number of aromatic nitrogens is 3. The molecule has 0 unspecified atom stereocenters. The van der Waals surface area contributed by atoms with Crippen molar-refractivity contribution in [3.05, 3.63) is 30.1 Å². The van der Waals surface area contributed by atoms with Crippen LogP contribution in [0.5, 0.6) is 0 Å². The highest BCUT2D eigenvalue weighted by atomic mass is 16.5. The van der Waals surface area contributed by atoms with E-state index in [2.05, 4.69) is 20.5 Å². The molecule has 2 N–H and O–H groups in total. The van der Waals surface area contributed by atoms with Crippen molar-refractivity contribution >= 4 is 11.6 Å². The molecule has 0 aliphatic heterocycles. The number of carbonyl (C=O) groups excluding carboxylic acids is 1. The molecule has 0 atom stereocenters. The summed E-state index contributed by atoms with van der Waals surface area (Å²) in [6.45, 7) is 4.80. The van der Waals surface area contributed by atoms with E-state index in [1.165, 1.54) is 0 Å². The molecule has 106 valence electrons. The number of rotatable bonds is 6. The topological polar surface area (TPSA) is 79.9 Å². The summed E-state index contributed by atoms with van der Waals surface area (Å²) in [5.41, 5.74) is 1.59. The number of carbonyl (C=O) groups is 1. The van der Waals surface area contributed by atoms with E-state index in [-0.39, 0.29) is 5.91 Å². The lowest BCUT2D eigenvalue weighted by atomic mass is 10.2. The minimum Gasteiger partial charge on any atom is -0.381 e. The fourth-order valence-electron chi connectivity index (χ4n) is 1.74. The lowest BCUT2D eigenvalue weighted by molar-refractivity contribution is -0.117. The molecule has 6 heteroatoms. The number of aryl methyl sites for hydroxylation is 1. The molecular weight excluding hydrogens is 256 g/mol. The van der Waals surface area contributed by atoms with Crippen LogP contribution >= 0.6 is 0 Å². The van der Waals surface area contributed by atoms with Crippen molar-refractivity contribution in [3.63, 3.8) is 0 Å². The van der Waals surface area contributed by atoms with Gasteiger partial charge in [0.25, 0.3) is 0 Å². The number of aromatic amines is 1. The predicted molar refractivity (Wildman–Crippen MR) is 76.3 cm³/mol. The third-order valence-corrected chi connectivity index (χ3v) is 2.68. The summed E-state index contributed by atoms with van der Waals surface area (Å²) >= 11 is 0. The second-order valence-corrected chi connectivity index (χ2v) is 4.32. The van der Waals surface area contributed by atoms with E-state index in [1.54, 1.807) is 0 Å². The van der Waals surface area contributed by atoms with E-state index < -0.39 is 0 Å². The standard InChI is InChI=1S/C14H18N4O2/c1-3-20-8-7-13(19)16-12-6-4-5-11(9-12)14-15-10(2)17-18-14/h4-6,9H,3,7-8H2,1-2H3,(H,16,19)(H,15,17,18). The van der Waals surface area contributed by atoms with Gasteiger partial charge in [-0.1, -0.05) is 12.1 Å². The molecule has 1 heterocycles. The minimum atomic E-state index is -0.0678. The van der Waals surface area contributed by atoms with Crippen LogP contribution in [0.4, 0.5) is 5.69 Å².